The van der Waals surface area contributed by atoms with Gasteiger partial charge in [-0.05, 0) is 55.0 Å². The third kappa shape index (κ3) is 7.89. The first-order valence-electron chi connectivity index (χ1n) is 10.3. The Hall–Kier alpha value is -3.43. The van der Waals surface area contributed by atoms with Gasteiger partial charge in [0.2, 0.25) is 5.91 Å². The van der Waals surface area contributed by atoms with Crippen LogP contribution < -0.4 is 16.0 Å². The second kappa shape index (κ2) is 12.0. The molecular weight excluding hydrogens is 464 g/mol. The summed E-state index contributed by atoms with van der Waals surface area (Å²) >= 11 is 7.04. The molecule has 2 aromatic carbocycles. The maximum Gasteiger partial charge on any atom is 0.338 e. The van der Waals surface area contributed by atoms with Crippen molar-refractivity contribution in [2.24, 2.45) is 0 Å². The molecule has 0 aliphatic heterocycles. The van der Waals surface area contributed by atoms with E-state index in [0.29, 0.717) is 39.4 Å². The Morgan fingerprint density at radius 1 is 0.970 bits per heavy atom. The number of carbonyl (C=O) groups excluding carboxylic acids is 3. The average molecular weight is 487 g/mol. The number of anilines is 3. The lowest BCUT2D eigenvalue weighted by Crippen LogP contribution is -2.19. The largest absolute Gasteiger partial charge is 0.462 e. The molecule has 0 bridgehead atoms. The lowest BCUT2D eigenvalue weighted by atomic mass is 10.2. The third-order valence-corrected chi connectivity index (χ3v) is 5.41. The molecular formula is C23H23ClN4O4S. The molecule has 3 aromatic rings. The van der Waals surface area contributed by atoms with E-state index >= 15 is 0 Å². The second-order valence-corrected chi connectivity index (χ2v) is 8.32. The fraction of sp³-hybridized carbons (Fsp3) is 0.217. The Morgan fingerprint density at radius 2 is 1.64 bits per heavy atom. The normalized spacial score (nSPS) is 10.4. The van der Waals surface area contributed by atoms with Gasteiger partial charge in [0.25, 0.3) is 0 Å². The lowest BCUT2D eigenvalue weighted by Gasteiger charge is -2.07. The molecule has 0 unspecified atom stereocenters. The van der Waals surface area contributed by atoms with Gasteiger partial charge in [-0.3, -0.25) is 10.1 Å². The molecule has 0 atom stereocenters. The molecule has 0 aliphatic rings. The van der Waals surface area contributed by atoms with E-state index in [1.54, 1.807) is 53.9 Å². The van der Waals surface area contributed by atoms with Crippen molar-refractivity contribution in [2.45, 2.75) is 26.2 Å². The van der Waals surface area contributed by atoms with Gasteiger partial charge in [0.05, 0.1) is 24.3 Å². The lowest BCUT2D eigenvalue weighted by molar-refractivity contribution is -0.115. The number of urea groups is 1. The van der Waals surface area contributed by atoms with Gasteiger partial charge in [-0.25, -0.2) is 14.6 Å². The molecule has 33 heavy (non-hydrogen) atoms. The van der Waals surface area contributed by atoms with Crippen LogP contribution in [0.15, 0.2) is 53.9 Å². The van der Waals surface area contributed by atoms with Crippen molar-refractivity contribution < 1.29 is 19.1 Å². The van der Waals surface area contributed by atoms with Crippen molar-refractivity contribution in [3.63, 3.8) is 0 Å². The summed E-state index contributed by atoms with van der Waals surface area (Å²) in [6, 6.07) is 12.8. The number of carbonyl (C=O) groups is 3. The zero-order valence-electron chi connectivity index (χ0n) is 17.9. The van der Waals surface area contributed by atoms with Gasteiger partial charge in [0.1, 0.15) is 0 Å². The predicted octanol–water partition coefficient (Wildman–Crippen LogP) is 5.58. The van der Waals surface area contributed by atoms with E-state index in [1.165, 1.54) is 11.3 Å². The second-order valence-electron chi connectivity index (χ2n) is 7.02. The van der Waals surface area contributed by atoms with Crippen molar-refractivity contribution in [2.75, 3.05) is 22.6 Å². The van der Waals surface area contributed by atoms with E-state index in [2.05, 4.69) is 20.9 Å². The van der Waals surface area contributed by atoms with Crippen LogP contribution >= 0.6 is 22.9 Å². The van der Waals surface area contributed by atoms with Crippen molar-refractivity contribution in [1.29, 1.82) is 0 Å². The van der Waals surface area contributed by atoms with Crippen LogP contribution in [0, 0.1) is 0 Å². The first-order valence-corrected chi connectivity index (χ1v) is 11.5. The quantitative estimate of drug-likeness (QED) is 0.270. The molecule has 0 aliphatic carbocycles. The molecule has 0 spiro atoms. The van der Waals surface area contributed by atoms with Gasteiger partial charge in [-0.1, -0.05) is 24.9 Å². The molecule has 0 fully saturated rings. The zero-order chi connectivity index (χ0) is 23.6. The fourth-order valence-electron chi connectivity index (χ4n) is 2.69. The highest BCUT2D eigenvalue weighted by atomic mass is 35.5. The van der Waals surface area contributed by atoms with Crippen LogP contribution in [0.2, 0.25) is 5.02 Å². The topological polar surface area (TPSA) is 109 Å². The number of esters is 1. The van der Waals surface area contributed by atoms with Gasteiger partial charge in [-0.15, -0.1) is 11.3 Å². The van der Waals surface area contributed by atoms with Crippen LogP contribution in [0.5, 0.6) is 0 Å². The number of ether oxygens (including phenoxy) is 1. The highest BCUT2D eigenvalue weighted by Gasteiger charge is 2.12. The molecule has 172 valence electrons. The van der Waals surface area contributed by atoms with E-state index in [1.807, 2.05) is 6.92 Å². The Balaban J connectivity index is 1.46. The summed E-state index contributed by atoms with van der Waals surface area (Å²) in [6.07, 6.45) is 1.81. The van der Waals surface area contributed by atoms with Crippen LogP contribution in [-0.2, 0) is 16.0 Å². The van der Waals surface area contributed by atoms with Gasteiger partial charge in [-0.2, -0.15) is 0 Å². The van der Waals surface area contributed by atoms with Crippen molar-refractivity contribution in [3.05, 3.63) is 70.2 Å². The number of halogens is 1. The molecule has 0 radical (unpaired) electrons. The van der Waals surface area contributed by atoms with Crippen molar-refractivity contribution >= 4 is 57.4 Å². The Labute approximate surface area is 200 Å². The van der Waals surface area contributed by atoms with Crippen molar-refractivity contribution in [1.82, 2.24) is 4.98 Å². The fourth-order valence-corrected chi connectivity index (χ4v) is 3.52. The van der Waals surface area contributed by atoms with Gasteiger partial charge in [0.15, 0.2) is 5.13 Å². The average Bonchev–Trinajstić information content (AvgIpc) is 3.22. The predicted molar refractivity (Wildman–Crippen MR) is 130 cm³/mol. The van der Waals surface area contributed by atoms with Crippen LogP contribution in [-0.4, -0.2) is 29.5 Å². The standard InChI is InChI=1S/C23H23ClN4O4S/c1-2-3-12-32-21(30)15-4-8-17(9-5-15)25-20(29)13-19-14-33-23(27-19)28-22(31)26-18-10-6-16(24)7-11-18/h4-11,14H,2-3,12-13H2,1H3,(H,25,29)(H2,26,27,28,31). The molecule has 0 saturated heterocycles. The van der Waals surface area contributed by atoms with Crippen LogP contribution in [0.4, 0.5) is 21.3 Å². The van der Waals surface area contributed by atoms with E-state index in [0.717, 1.165) is 12.8 Å². The summed E-state index contributed by atoms with van der Waals surface area (Å²) in [5, 5.41) is 10.7. The Kier molecular flexibility index (Phi) is 8.79. The number of hydrogen-bond donors (Lipinski definition) is 3. The minimum Gasteiger partial charge on any atom is -0.462 e. The summed E-state index contributed by atoms with van der Waals surface area (Å²) in [5.74, 6) is -0.653. The minimum absolute atomic E-state index is 0.0395. The highest BCUT2D eigenvalue weighted by molar-refractivity contribution is 7.14. The molecule has 8 nitrogen and oxygen atoms in total. The van der Waals surface area contributed by atoms with E-state index in [9.17, 15) is 14.4 Å². The first-order chi connectivity index (χ1) is 15.9. The van der Waals surface area contributed by atoms with E-state index in [-0.39, 0.29) is 18.3 Å². The van der Waals surface area contributed by atoms with Crippen LogP contribution in [0.1, 0.15) is 35.8 Å². The SMILES string of the molecule is CCCCOC(=O)c1ccc(NC(=O)Cc2csc(NC(=O)Nc3ccc(Cl)cc3)n2)cc1. The molecule has 1 aromatic heterocycles. The van der Waals surface area contributed by atoms with Crippen LogP contribution in [0.3, 0.4) is 0 Å². The van der Waals surface area contributed by atoms with Gasteiger partial charge in [0, 0.05) is 21.8 Å². The molecule has 3 rings (SSSR count). The summed E-state index contributed by atoms with van der Waals surface area (Å²) in [5.41, 5.74) is 2.10. The number of amides is 3. The van der Waals surface area contributed by atoms with Gasteiger partial charge < -0.3 is 15.4 Å². The maximum absolute atomic E-state index is 12.3. The third-order valence-electron chi connectivity index (χ3n) is 4.35. The smallest absolute Gasteiger partial charge is 0.338 e. The first kappa shape index (κ1) is 24.2. The van der Waals surface area contributed by atoms with Crippen LogP contribution in [0.25, 0.3) is 0 Å². The molecule has 1 heterocycles. The van der Waals surface area contributed by atoms with E-state index in [4.69, 9.17) is 16.3 Å². The molecule has 3 amide bonds. The highest BCUT2D eigenvalue weighted by Crippen LogP contribution is 2.18. The number of benzene rings is 2. The maximum atomic E-state index is 12.3. The minimum atomic E-state index is -0.448. The monoisotopic (exact) mass is 486 g/mol. The number of nitrogens with zero attached hydrogens (tertiary/aromatic N) is 1. The number of unbranched alkanes of at least 4 members (excludes halogenated alkanes) is 1. The Bertz CT molecular complexity index is 1100. The zero-order valence-corrected chi connectivity index (χ0v) is 19.5. The summed E-state index contributed by atoms with van der Waals surface area (Å²) in [7, 11) is 0. The Morgan fingerprint density at radius 3 is 2.33 bits per heavy atom. The number of thiazole rings is 1. The van der Waals surface area contributed by atoms with Gasteiger partial charge >= 0.3 is 12.0 Å². The summed E-state index contributed by atoms with van der Waals surface area (Å²) < 4.78 is 5.16. The summed E-state index contributed by atoms with van der Waals surface area (Å²) in [4.78, 5) is 40.6. The molecule has 3 N–H and O–H groups in total. The van der Waals surface area contributed by atoms with E-state index < -0.39 is 6.03 Å². The summed E-state index contributed by atoms with van der Waals surface area (Å²) in [6.45, 7) is 2.41. The number of rotatable bonds is 9. The number of nitrogens with one attached hydrogen (secondary N) is 3. The van der Waals surface area contributed by atoms with Crippen molar-refractivity contribution in [3.8, 4) is 0 Å². The number of aromatic nitrogens is 1. The number of hydrogen-bond acceptors (Lipinski definition) is 6. The molecule has 10 heteroatoms. The molecule has 0 saturated carbocycles.